The molecule has 0 saturated carbocycles. The van der Waals surface area contributed by atoms with Gasteiger partial charge < -0.3 is 4.90 Å². The summed E-state index contributed by atoms with van der Waals surface area (Å²) in [4.78, 5) is 2.31. The molecule has 0 saturated heterocycles. The minimum atomic E-state index is 1.11. The van der Waals surface area contributed by atoms with Crippen LogP contribution in [0.2, 0.25) is 0 Å². The minimum absolute atomic E-state index is 1.11. The van der Waals surface area contributed by atoms with Crippen LogP contribution < -0.4 is 4.90 Å². The van der Waals surface area contributed by atoms with Crippen molar-refractivity contribution in [3.05, 3.63) is 256 Å². The third-order valence-corrected chi connectivity index (χ3v) is 9.38. The van der Waals surface area contributed by atoms with E-state index in [2.05, 4.69) is 255 Å². The molecule has 0 fully saturated rings. The van der Waals surface area contributed by atoms with Gasteiger partial charge in [-0.25, -0.2) is 0 Å². The highest BCUT2D eigenvalue weighted by Crippen LogP contribution is 2.35. The molecular formula is C55H45N. The summed E-state index contributed by atoms with van der Waals surface area (Å²) in [5.74, 6) is 0. The van der Waals surface area contributed by atoms with E-state index in [0.29, 0.717) is 0 Å². The molecule has 7 aromatic carbocycles. The Morgan fingerprint density at radius 1 is 0.250 bits per heavy atom. The number of aryl methyl sites for hydroxylation is 1. The summed E-state index contributed by atoms with van der Waals surface area (Å²) in [5, 5.41) is 0. The average molecular weight is 720 g/mol. The van der Waals surface area contributed by atoms with Gasteiger partial charge in [-0.3, -0.25) is 0 Å². The number of anilines is 3. The van der Waals surface area contributed by atoms with Crippen molar-refractivity contribution in [2.45, 2.75) is 6.92 Å². The SMILES string of the molecule is Cc1ccc(N(c2ccc(/C=C/c3ccc(/C=C/C=C/c4ccccc4)cc3)cc2)c2ccc(/C=C/c3ccc(/C=C/C=C/c4ccccc4)cc3)cc2)cc1. The molecule has 0 heterocycles. The average Bonchev–Trinajstić information content (AvgIpc) is 3.26. The van der Waals surface area contributed by atoms with Gasteiger partial charge in [-0.1, -0.05) is 224 Å². The number of benzene rings is 7. The van der Waals surface area contributed by atoms with Crippen molar-refractivity contribution in [3.8, 4) is 0 Å². The molecule has 7 rings (SSSR count). The normalized spacial score (nSPS) is 11.9. The Labute approximate surface area is 332 Å². The fourth-order valence-corrected chi connectivity index (χ4v) is 6.23. The van der Waals surface area contributed by atoms with Crippen LogP contribution in [-0.4, -0.2) is 0 Å². The van der Waals surface area contributed by atoms with Crippen LogP contribution in [0.3, 0.4) is 0 Å². The lowest BCUT2D eigenvalue weighted by Gasteiger charge is -2.26. The zero-order chi connectivity index (χ0) is 38.2. The summed E-state index contributed by atoms with van der Waals surface area (Å²) in [6.07, 6.45) is 25.5. The Bertz CT molecular complexity index is 2290. The lowest BCUT2D eigenvalue weighted by Crippen LogP contribution is -2.09. The van der Waals surface area contributed by atoms with Gasteiger partial charge in [0.2, 0.25) is 0 Å². The highest BCUT2D eigenvalue weighted by molar-refractivity contribution is 5.80. The molecule has 56 heavy (non-hydrogen) atoms. The van der Waals surface area contributed by atoms with Gasteiger partial charge in [0.1, 0.15) is 0 Å². The molecule has 0 radical (unpaired) electrons. The van der Waals surface area contributed by atoms with Crippen molar-refractivity contribution < 1.29 is 0 Å². The van der Waals surface area contributed by atoms with E-state index in [0.717, 1.165) is 28.2 Å². The fraction of sp³-hybridized carbons (Fsp3) is 0.0182. The molecule has 0 aliphatic rings. The molecule has 0 aliphatic heterocycles. The molecule has 1 nitrogen and oxygen atoms in total. The fourth-order valence-electron chi connectivity index (χ4n) is 6.23. The molecule has 1 heteroatoms. The van der Waals surface area contributed by atoms with Gasteiger partial charge in [0, 0.05) is 17.1 Å². The smallest absolute Gasteiger partial charge is 0.0462 e. The standard InChI is InChI=1S/C55H45N/c1-44-20-38-53(39-21-44)56(54-40-34-51(35-41-54)32-30-49-26-22-47(23-27-49)18-10-8-16-45-12-4-2-5-13-45)55-42-36-52(37-43-55)33-31-50-28-24-48(25-29-50)19-11-9-17-46-14-6-3-7-15-46/h2-43H,1H3/b16-8+,17-9+,18-10+,19-11+,32-30+,33-31+. The van der Waals surface area contributed by atoms with Crippen LogP contribution >= 0.6 is 0 Å². The van der Waals surface area contributed by atoms with Gasteiger partial charge in [-0.05, 0) is 87.8 Å². The highest BCUT2D eigenvalue weighted by atomic mass is 15.1. The number of hydrogen-bond acceptors (Lipinski definition) is 1. The van der Waals surface area contributed by atoms with Crippen LogP contribution in [-0.2, 0) is 0 Å². The molecule has 0 aliphatic carbocycles. The number of nitrogens with zero attached hydrogens (tertiary/aromatic N) is 1. The predicted molar refractivity (Wildman–Crippen MR) is 246 cm³/mol. The summed E-state index contributed by atoms with van der Waals surface area (Å²) in [5.41, 5.74) is 13.9. The van der Waals surface area contributed by atoms with Crippen molar-refractivity contribution >= 4 is 65.7 Å². The summed E-state index contributed by atoms with van der Waals surface area (Å²) in [7, 11) is 0. The molecule has 270 valence electrons. The quantitative estimate of drug-likeness (QED) is 0.0847. The lowest BCUT2D eigenvalue weighted by molar-refractivity contribution is 1.27. The summed E-state index contributed by atoms with van der Waals surface area (Å²) < 4.78 is 0. The van der Waals surface area contributed by atoms with Crippen LogP contribution in [0.1, 0.15) is 50.1 Å². The van der Waals surface area contributed by atoms with Gasteiger partial charge >= 0.3 is 0 Å². The first-order chi connectivity index (χ1) is 27.6. The van der Waals surface area contributed by atoms with Gasteiger partial charge in [-0.2, -0.15) is 0 Å². The maximum absolute atomic E-state index is 2.31. The van der Waals surface area contributed by atoms with E-state index in [1.807, 2.05) is 12.1 Å². The van der Waals surface area contributed by atoms with Gasteiger partial charge in [0.15, 0.2) is 0 Å². The van der Waals surface area contributed by atoms with Crippen molar-refractivity contribution in [3.63, 3.8) is 0 Å². The van der Waals surface area contributed by atoms with E-state index in [-0.39, 0.29) is 0 Å². The van der Waals surface area contributed by atoms with Crippen molar-refractivity contribution in [1.29, 1.82) is 0 Å². The van der Waals surface area contributed by atoms with Crippen molar-refractivity contribution in [1.82, 2.24) is 0 Å². The van der Waals surface area contributed by atoms with Crippen LogP contribution in [0.25, 0.3) is 48.6 Å². The van der Waals surface area contributed by atoms with Crippen molar-refractivity contribution in [2.75, 3.05) is 4.90 Å². The molecule has 0 spiro atoms. The van der Waals surface area contributed by atoms with Crippen LogP contribution in [0.15, 0.2) is 206 Å². The van der Waals surface area contributed by atoms with Crippen LogP contribution in [0, 0.1) is 6.92 Å². The Hall–Kier alpha value is -7.22. The number of rotatable bonds is 13. The van der Waals surface area contributed by atoms with Gasteiger partial charge in [-0.15, -0.1) is 0 Å². The van der Waals surface area contributed by atoms with E-state index in [4.69, 9.17) is 0 Å². The Morgan fingerprint density at radius 3 is 0.786 bits per heavy atom. The third-order valence-electron chi connectivity index (χ3n) is 9.38. The van der Waals surface area contributed by atoms with E-state index >= 15 is 0 Å². The van der Waals surface area contributed by atoms with Crippen molar-refractivity contribution in [2.24, 2.45) is 0 Å². The molecule has 0 aromatic heterocycles. The zero-order valence-corrected chi connectivity index (χ0v) is 31.7. The number of allylic oxidation sites excluding steroid dienone is 4. The molecular weight excluding hydrogens is 675 g/mol. The molecule has 0 atom stereocenters. The first kappa shape index (κ1) is 37.1. The maximum Gasteiger partial charge on any atom is 0.0462 e. The lowest BCUT2D eigenvalue weighted by atomic mass is 10.1. The number of hydrogen-bond donors (Lipinski definition) is 0. The Balaban J connectivity index is 0.989. The monoisotopic (exact) mass is 719 g/mol. The maximum atomic E-state index is 2.31. The van der Waals surface area contributed by atoms with E-state index in [9.17, 15) is 0 Å². The summed E-state index contributed by atoms with van der Waals surface area (Å²) >= 11 is 0. The molecule has 0 unspecified atom stereocenters. The second-order valence-electron chi connectivity index (χ2n) is 13.6. The zero-order valence-electron chi connectivity index (χ0n) is 31.7. The Morgan fingerprint density at radius 2 is 0.482 bits per heavy atom. The van der Waals surface area contributed by atoms with E-state index < -0.39 is 0 Å². The Kier molecular flexibility index (Phi) is 12.7. The topological polar surface area (TPSA) is 3.24 Å². The highest BCUT2D eigenvalue weighted by Gasteiger charge is 2.12. The second kappa shape index (κ2) is 19.2. The minimum Gasteiger partial charge on any atom is -0.311 e. The molecule has 7 aromatic rings. The summed E-state index contributed by atoms with van der Waals surface area (Å²) in [6, 6.07) is 64.2. The molecule has 0 bridgehead atoms. The largest absolute Gasteiger partial charge is 0.311 e. The van der Waals surface area contributed by atoms with Crippen LogP contribution in [0.5, 0.6) is 0 Å². The van der Waals surface area contributed by atoms with Crippen LogP contribution in [0.4, 0.5) is 17.1 Å². The van der Waals surface area contributed by atoms with Gasteiger partial charge in [0.05, 0.1) is 0 Å². The first-order valence-electron chi connectivity index (χ1n) is 19.1. The second-order valence-corrected chi connectivity index (χ2v) is 13.6. The molecule has 0 amide bonds. The van der Waals surface area contributed by atoms with Gasteiger partial charge in [0.25, 0.3) is 0 Å². The third kappa shape index (κ3) is 10.9. The predicted octanol–water partition coefficient (Wildman–Crippen LogP) is 15.3. The van der Waals surface area contributed by atoms with E-state index in [1.54, 1.807) is 0 Å². The first-order valence-corrected chi connectivity index (χ1v) is 19.1. The summed E-state index contributed by atoms with van der Waals surface area (Å²) in [6.45, 7) is 2.12. The molecule has 0 N–H and O–H groups in total. The van der Waals surface area contributed by atoms with E-state index in [1.165, 1.54) is 38.9 Å².